The number of allylic oxidation sites excluding steroid dienone is 1. The Hall–Kier alpha value is -1.32. The molecule has 0 aliphatic carbocycles. The third kappa shape index (κ3) is 4.13. The standard InChI is InChI=1S/C7H12N2O2/c1-4-6(9-11-3)5-7(10)8-2/h4H,1,5H2,2-3H3,(H,8,10)/b9-6+. The summed E-state index contributed by atoms with van der Waals surface area (Å²) in [6.07, 6.45) is 1.69. The minimum atomic E-state index is -0.110. The van der Waals surface area contributed by atoms with E-state index in [0.717, 1.165) is 0 Å². The first-order valence-electron chi connectivity index (χ1n) is 3.17. The zero-order chi connectivity index (χ0) is 8.69. The molecule has 0 radical (unpaired) electrons. The van der Waals surface area contributed by atoms with Crippen molar-refractivity contribution in [3.8, 4) is 0 Å². The largest absolute Gasteiger partial charge is 0.399 e. The van der Waals surface area contributed by atoms with Gasteiger partial charge < -0.3 is 10.2 Å². The molecular weight excluding hydrogens is 144 g/mol. The van der Waals surface area contributed by atoms with Crippen LogP contribution in [0.5, 0.6) is 0 Å². The number of oxime groups is 1. The number of nitrogens with zero attached hydrogens (tertiary/aromatic N) is 1. The number of rotatable bonds is 4. The third-order valence-corrected chi connectivity index (χ3v) is 1.06. The van der Waals surface area contributed by atoms with E-state index in [1.54, 1.807) is 7.05 Å². The van der Waals surface area contributed by atoms with Crippen LogP contribution >= 0.6 is 0 Å². The van der Waals surface area contributed by atoms with Crippen LogP contribution in [0, 0.1) is 0 Å². The van der Waals surface area contributed by atoms with Crippen molar-refractivity contribution in [1.82, 2.24) is 5.32 Å². The molecule has 0 fully saturated rings. The highest BCUT2D eigenvalue weighted by Gasteiger charge is 2.01. The average molecular weight is 156 g/mol. The fourth-order valence-corrected chi connectivity index (χ4v) is 0.512. The zero-order valence-electron chi connectivity index (χ0n) is 6.76. The Kier molecular flexibility index (Phi) is 4.81. The highest BCUT2D eigenvalue weighted by atomic mass is 16.6. The van der Waals surface area contributed by atoms with Crippen molar-refractivity contribution in [2.75, 3.05) is 14.2 Å². The van der Waals surface area contributed by atoms with Gasteiger partial charge >= 0.3 is 0 Å². The Labute approximate surface area is 65.9 Å². The summed E-state index contributed by atoms with van der Waals surface area (Å²) in [4.78, 5) is 15.2. The van der Waals surface area contributed by atoms with Crippen LogP contribution in [-0.4, -0.2) is 25.8 Å². The van der Waals surface area contributed by atoms with Crippen LogP contribution in [0.15, 0.2) is 17.8 Å². The first-order valence-corrected chi connectivity index (χ1v) is 3.17. The van der Waals surface area contributed by atoms with Crippen LogP contribution < -0.4 is 5.32 Å². The first-order chi connectivity index (χ1) is 5.24. The lowest BCUT2D eigenvalue weighted by Crippen LogP contribution is -2.20. The highest BCUT2D eigenvalue weighted by molar-refractivity contribution is 6.06. The normalized spacial score (nSPS) is 10.5. The van der Waals surface area contributed by atoms with Crippen molar-refractivity contribution < 1.29 is 9.63 Å². The minimum absolute atomic E-state index is 0.110. The maximum Gasteiger partial charge on any atom is 0.225 e. The predicted octanol–water partition coefficient (Wildman–Crippen LogP) is 0.311. The van der Waals surface area contributed by atoms with Gasteiger partial charge in [-0.05, 0) is 6.08 Å². The molecule has 1 N–H and O–H groups in total. The molecule has 0 saturated heterocycles. The van der Waals surface area contributed by atoms with Crippen molar-refractivity contribution >= 4 is 11.6 Å². The summed E-state index contributed by atoms with van der Waals surface area (Å²) in [5.41, 5.74) is 0.520. The van der Waals surface area contributed by atoms with Gasteiger partial charge in [0.15, 0.2) is 0 Å². The van der Waals surface area contributed by atoms with Crippen LogP contribution in [0.1, 0.15) is 6.42 Å². The topological polar surface area (TPSA) is 50.7 Å². The Balaban J connectivity index is 3.98. The molecule has 0 aromatic rings. The van der Waals surface area contributed by atoms with Crippen LogP contribution in [-0.2, 0) is 9.63 Å². The van der Waals surface area contributed by atoms with E-state index >= 15 is 0 Å². The van der Waals surface area contributed by atoms with E-state index in [1.165, 1.54) is 13.2 Å². The van der Waals surface area contributed by atoms with E-state index in [-0.39, 0.29) is 12.3 Å². The van der Waals surface area contributed by atoms with Crippen molar-refractivity contribution in [2.45, 2.75) is 6.42 Å². The number of carbonyl (C=O) groups is 1. The Morgan fingerprint density at radius 1 is 1.82 bits per heavy atom. The van der Waals surface area contributed by atoms with Crippen LogP contribution in [0.2, 0.25) is 0 Å². The average Bonchev–Trinajstić information content (AvgIpc) is 2.03. The van der Waals surface area contributed by atoms with E-state index in [9.17, 15) is 4.79 Å². The smallest absolute Gasteiger partial charge is 0.225 e. The van der Waals surface area contributed by atoms with Gasteiger partial charge in [-0.1, -0.05) is 11.7 Å². The Morgan fingerprint density at radius 2 is 2.45 bits per heavy atom. The van der Waals surface area contributed by atoms with Gasteiger partial charge in [0.05, 0.1) is 12.1 Å². The molecule has 0 aromatic heterocycles. The fraction of sp³-hybridized carbons (Fsp3) is 0.429. The second-order valence-electron chi connectivity index (χ2n) is 1.82. The molecule has 0 rings (SSSR count). The molecule has 0 saturated carbocycles. The van der Waals surface area contributed by atoms with Crippen LogP contribution in [0.25, 0.3) is 0 Å². The molecule has 0 aliphatic rings. The van der Waals surface area contributed by atoms with Crippen molar-refractivity contribution in [3.05, 3.63) is 12.7 Å². The second kappa shape index (κ2) is 5.46. The summed E-state index contributed by atoms with van der Waals surface area (Å²) in [6.45, 7) is 3.48. The monoisotopic (exact) mass is 156 g/mol. The summed E-state index contributed by atoms with van der Waals surface area (Å²) in [5, 5.41) is 6.03. The lowest BCUT2D eigenvalue weighted by atomic mass is 10.2. The summed E-state index contributed by atoms with van der Waals surface area (Å²) < 4.78 is 0. The fourth-order valence-electron chi connectivity index (χ4n) is 0.512. The molecule has 1 amide bonds. The molecule has 4 nitrogen and oxygen atoms in total. The molecule has 11 heavy (non-hydrogen) atoms. The second-order valence-corrected chi connectivity index (χ2v) is 1.82. The summed E-state index contributed by atoms with van der Waals surface area (Å²) in [6, 6.07) is 0. The molecule has 0 aromatic carbocycles. The number of nitrogens with one attached hydrogen (secondary N) is 1. The number of amides is 1. The number of carbonyl (C=O) groups excluding carboxylic acids is 1. The highest BCUT2D eigenvalue weighted by Crippen LogP contribution is 1.88. The molecule has 0 unspecified atom stereocenters. The maximum absolute atomic E-state index is 10.8. The molecule has 0 atom stereocenters. The van der Waals surface area contributed by atoms with Crippen LogP contribution in [0.3, 0.4) is 0 Å². The quantitative estimate of drug-likeness (QED) is 0.470. The van der Waals surface area contributed by atoms with Gasteiger partial charge in [-0.25, -0.2) is 0 Å². The van der Waals surface area contributed by atoms with E-state index in [1.807, 2.05) is 0 Å². The van der Waals surface area contributed by atoms with E-state index in [0.29, 0.717) is 5.71 Å². The summed E-state index contributed by atoms with van der Waals surface area (Å²) in [7, 11) is 2.99. The minimum Gasteiger partial charge on any atom is -0.399 e. The van der Waals surface area contributed by atoms with E-state index < -0.39 is 0 Å². The Bertz CT molecular complexity index is 175. The third-order valence-electron chi connectivity index (χ3n) is 1.06. The number of hydrogen-bond donors (Lipinski definition) is 1. The maximum atomic E-state index is 10.8. The van der Waals surface area contributed by atoms with Crippen molar-refractivity contribution in [3.63, 3.8) is 0 Å². The van der Waals surface area contributed by atoms with Crippen molar-refractivity contribution in [2.24, 2.45) is 5.16 Å². The van der Waals surface area contributed by atoms with Gasteiger partial charge in [-0.3, -0.25) is 4.79 Å². The lowest BCUT2D eigenvalue weighted by Gasteiger charge is -1.97. The molecule has 0 heterocycles. The van der Waals surface area contributed by atoms with Gasteiger partial charge in [-0.15, -0.1) is 0 Å². The number of hydrogen-bond acceptors (Lipinski definition) is 3. The molecular formula is C7H12N2O2. The zero-order valence-corrected chi connectivity index (χ0v) is 6.76. The summed E-state index contributed by atoms with van der Waals surface area (Å²) >= 11 is 0. The van der Waals surface area contributed by atoms with Gasteiger partial charge in [-0.2, -0.15) is 0 Å². The molecule has 0 aliphatic heterocycles. The lowest BCUT2D eigenvalue weighted by molar-refractivity contribution is -0.119. The van der Waals surface area contributed by atoms with E-state index in [2.05, 4.69) is 21.9 Å². The summed E-state index contributed by atoms with van der Waals surface area (Å²) in [5.74, 6) is -0.110. The van der Waals surface area contributed by atoms with Gasteiger partial charge in [0.25, 0.3) is 0 Å². The van der Waals surface area contributed by atoms with Gasteiger partial charge in [0.2, 0.25) is 5.91 Å². The van der Waals surface area contributed by atoms with Gasteiger partial charge in [0, 0.05) is 7.05 Å². The SMILES string of the molecule is C=C/C(CC(=O)NC)=N\OC. The molecule has 0 spiro atoms. The Morgan fingerprint density at radius 3 is 2.82 bits per heavy atom. The molecule has 62 valence electrons. The first kappa shape index (κ1) is 9.68. The predicted molar refractivity (Wildman–Crippen MR) is 43.3 cm³/mol. The van der Waals surface area contributed by atoms with Crippen LogP contribution in [0.4, 0.5) is 0 Å². The van der Waals surface area contributed by atoms with E-state index in [4.69, 9.17) is 0 Å². The molecule has 4 heteroatoms. The van der Waals surface area contributed by atoms with Gasteiger partial charge in [0.1, 0.15) is 7.11 Å². The molecule has 0 bridgehead atoms. The van der Waals surface area contributed by atoms with Crippen molar-refractivity contribution in [1.29, 1.82) is 0 Å².